The normalized spacial score (nSPS) is 12.9. The van der Waals surface area contributed by atoms with Gasteiger partial charge in [-0.25, -0.2) is 4.39 Å². The van der Waals surface area contributed by atoms with Crippen molar-refractivity contribution in [2.24, 2.45) is 5.84 Å². The minimum Gasteiger partial charge on any atom is -0.271 e. The number of benzene rings is 1. The van der Waals surface area contributed by atoms with Crippen molar-refractivity contribution in [2.45, 2.75) is 19.4 Å². The average Bonchev–Trinajstić information content (AvgIpc) is 2.09. The van der Waals surface area contributed by atoms with Crippen LogP contribution in [0.1, 0.15) is 12.5 Å². The van der Waals surface area contributed by atoms with Gasteiger partial charge in [0, 0.05) is 10.5 Å². The predicted molar refractivity (Wildman–Crippen MR) is 54.6 cm³/mol. The summed E-state index contributed by atoms with van der Waals surface area (Å²) < 4.78 is 13.5. The minimum absolute atomic E-state index is 0.182. The number of hydrogen-bond donors (Lipinski definition) is 2. The van der Waals surface area contributed by atoms with E-state index in [-0.39, 0.29) is 11.9 Å². The molecule has 0 saturated heterocycles. The molecule has 1 unspecified atom stereocenters. The first-order valence-corrected chi connectivity index (χ1v) is 4.83. The lowest BCUT2D eigenvalue weighted by atomic mass is 10.1. The van der Waals surface area contributed by atoms with Crippen molar-refractivity contribution in [3.63, 3.8) is 0 Å². The fraction of sp³-hybridized carbons (Fsp3) is 0.333. The van der Waals surface area contributed by atoms with E-state index in [1.54, 1.807) is 6.07 Å². The Labute approximate surface area is 85.4 Å². The van der Waals surface area contributed by atoms with Crippen molar-refractivity contribution in [3.8, 4) is 0 Å². The molecular weight excluding hydrogens is 235 g/mol. The fourth-order valence-electron chi connectivity index (χ4n) is 1.08. The van der Waals surface area contributed by atoms with Gasteiger partial charge in [-0.3, -0.25) is 11.3 Å². The predicted octanol–water partition coefficient (Wildman–Crippen LogP) is 1.98. The van der Waals surface area contributed by atoms with Crippen LogP contribution in [0.5, 0.6) is 0 Å². The molecule has 2 nitrogen and oxygen atoms in total. The molecule has 0 aliphatic carbocycles. The zero-order valence-corrected chi connectivity index (χ0v) is 8.94. The summed E-state index contributed by atoms with van der Waals surface area (Å²) in [5.41, 5.74) is 3.69. The summed E-state index contributed by atoms with van der Waals surface area (Å²) in [5, 5.41) is 0. The Kier molecular flexibility index (Phi) is 3.84. The summed E-state index contributed by atoms with van der Waals surface area (Å²) in [6.07, 6.45) is 0.775. The molecule has 1 aromatic carbocycles. The number of hydrazine groups is 1. The molecule has 3 N–H and O–H groups in total. The van der Waals surface area contributed by atoms with Crippen LogP contribution in [0.3, 0.4) is 0 Å². The summed E-state index contributed by atoms with van der Waals surface area (Å²) in [6.45, 7) is 1.97. The van der Waals surface area contributed by atoms with Crippen LogP contribution in [0.15, 0.2) is 22.7 Å². The maximum atomic E-state index is 12.7. The zero-order valence-electron chi connectivity index (χ0n) is 7.35. The van der Waals surface area contributed by atoms with Crippen molar-refractivity contribution >= 4 is 15.9 Å². The van der Waals surface area contributed by atoms with E-state index in [4.69, 9.17) is 5.84 Å². The molecule has 1 rings (SSSR count). The van der Waals surface area contributed by atoms with E-state index < -0.39 is 0 Å². The molecule has 1 aromatic rings. The van der Waals surface area contributed by atoms with E-state index in [0.29, 0.717) is 0 Å². The molecule has 0 aliphatic heterocycles. The van der Waals surface area contributed by atoms with E-state index in [1.807, 2.05) is 6.92 Å². The molecule has 72 valence electrons. The van der Waals surface area contributed by atoms with Crippen molar-refractivity contribution in [3.05, 3.63) is 34.1 Å². The lowest BCUT2D eigenvalue weighted by Crippen LogP contribution is -2.34. The van der Waals surface area contributed by atoms with Gasteiger partial charge in [-0.1, -0.05) is 22.0 Å². The van der Waals surface area contributed by atoms with Crippen LogP contribution in [0, 0.1) is 5.82 Å². The number of hydrogen-bond acceptors (Lipinski definition) is 2. The van der Waals surface area contributed by atoms with Gasteiger partial charge in [0.1, 0.15) is 5.82 Å². The van der Waals surface area contributed by atoms with Gasteiger partial charge in [-0.2, -0.15) is 0 Å². The van der Waals surface area contributed by atoms with E-state index in [2.05, 4.69) is 21.4 Å². The van der Waals surface area contributed by atoms with Gasteiger partial charge in [0.2, 0.25) is 0 Å². The summed E-state index contributed by atoms with van der Waals surface area (Å²) in [6, 6.07) is 4.84. The Balaban J connectivity index is 2.77. The van der Waals surface area contributed by atoms with Crippen LogP contribution in [0.25, 0.3) is 0 Å². The summed E-state index contributed by atoms with van der Waals surface area (Å²) in [7, 11) is 0. The monoisotopic (exact) mass is 246 g/mol. The van der Waals surface area contributed by atoms with Crippen LogP contribution in [-0.4, -0.2) is 6.04 Å². The van der Waals surface area contributed by atoms with Crippen LogP contribution < -0.4 is 11.3 Å². The van der Waals surface area contributed by atoms with Crippen molar-refractivity contribution < 1.29 is 4.39 Å². The van der Waals surface area contributed by atoms with E-state index in [1.165, 1.54) is 12.1 Å². The molecule has 0 aromatic heterocycles. The minimum atomic E-state index is -0.232. The Morgan fingerprint density at radius 2 is 2.31 bits per heavy atom. The highest BCUT2D eigenvalue weighted by Gasteiger charge is 2.05. The second kappa shape index (κ2) is 4.69. The fourth-order valence-corrected chi connectivity index (χ4v) is 1.59. The third kappa shape index (κ3) is 3.06. The molecule has 0 radical (unpaired) electrons. The van der Waals surface area contributed by atoms with Gasteiger partial charge in [0.25, 0.3) is 0 Å². The standard InChI is InChI=1S/C9H12BrFN2/c1-6(13-12)4-7-2-3-8(11)5-9(7)10/h2-3,5-6,13H,4,12H2,1H3. The number of nitrogens with two attached hydrogens (primary N) is 1. The van der Waals surface area contributed by atoms with Gasteiger partial charge >= 0.3 is 0 Å². The van der Waals surface area contributed by atoms with E-state index >= 15 is 0 Å². The first-order valence-electron chi connectivity index (χ1n) is 4.03. The molecule has 0 amide bonds. The quantitative estimate of drug-likeness (QED) is 0.633. The van der Waals surface area contributed by atoms with Gasteiger partial charge in [-0.05, 0) is 31.0 Å². The molecule has 4 heteroatoms. The lowest BCUT2D eigenvalue weighted by Gasteiger charge is -2.10. The third-order valence-corrected chi connectivity index (χ3v) is 2.56. The Morgan fingerprint density at radius 1 is 1.62 bits per heavy atom. The maximum Gasteiger partial charge on any atom is 0.124 e. The Bertz CT molecular complexity index is 291. The van der Waals surface area contributed by atoms with Crippen LogP contribution >= 0.6 is 15.9 Å². The molecule has 0 saturated carbocycles. The molecule has 0 fully saturated rings. The van der Waals surface area contributed by atoms with Gasteiger partial charge < -0.3 is 0 Å². The number of rotatable bonds is 3. The first kappa shape index (κ1) is 10.6. The SMILES string of the molecule is CC(Cc1ccc(F)cc1Br)NN. The van der Waals surface area contributed by atoms with Crippen molar-refractivity contribution in [1.29, 1.82) is 0 Å². The van der Waals surface area contributed by atoms with Gasteiger partial charge in [0.05, 0.1) is 0 Å². The summed E-state index contributed by atoms with van der Waals surface area (Å²) in [4.78, 5) is 0. The third-order valence-electron chi connectivity index (χ3n) is 1.83. The topological polar surface area (TPSA) is 38.0 Å². The summed E-state index contributed by atoms with van der Waals surface area (Å²) >= 11 is 3.30. The van der Waals surface area contributed by atoms with Crippen molar-refractivity contribution in [2.75, 3.05) is 0 Å². The molecule has 1 atom stereocenters. The lowest BCUT2D eigenvalue weighted by molar-refractivity contribution is 0.565. The van der Waals surface area contributed by atoms with Crippen LogP contribution in [0.4, 0.5) is 4.39 Å². The van der Waals surface area contributed by atoms with Gasteiger partial charge in [-0.15, -0.1) is 0 Å². The highest BCUT2D eigenvalue weighted by atomic mass is 79.9. The first-order chi connectivity index (χ1) is 6.13. The number of halogens is 2. The average molecular weight is 247 g/mol. The molecule has 0 aliphatic rings. The van der Waals surface area contributed by atoms with Crippen molar-refractivity contribution in [1.82, 2.24) is 5.43 Å². The molecule has 0 bridgehead atoms. The second-order valence-electron chi connectivity index (χ2n) is 3.01. The maximum absolute atomic E-state index is 12.7. The molecular formula is C9H12BrFN2. The van der Waals surface area contributed by atoms with Crippen LogP contribution in [0.2, 0.25) is 0 Å². The van der Waals surface area contributed by atoms with E-state index in [9.17, 15) is 4.39 Å². The van der Waals surface area contributed by atoms with Crippen LogP contribution in [-0.2, 0) is 6.42 Å². The van der Waals surface area contributed by atoms with Gasteiger partial charge in [0.15, 0.2) is 0 Å². The largest absolute Gasteiger partial charge is 0.271 e. The molecule has 13 heavy (non-hydrogen) atoms. The van der Waals surface area contributed by atoms with E-state index in [0.717, 1.165) is 16.5 Å². The highest BCUT2D eigenvalue weighted by Crippen LogP contribution is 2.19. The second-order valence-corrected chi connectivity index (χ2v) is 3.86. The molecule has 0 spiro atoms. The Hall–Kier alpha value is -0.450. The summed E-state index contributed by atoms with van der Waals surface area (Å²) in [5.74, 6) is 5.03. The molecule has 0 heterocycles. The highest BCUT2D eigenvalue weighted by molar-refractivity contribution is 9.10. The Morgan fingerprint density at radius 3 is 2.85 bits per heavy atom. The zero-order chi connectivity index (χ0) is 9.84. The number of nitrogens with one attached hydrogen (secondary N) is 1. The smallest absolute Gasteiger partial charge is 0.124 e.